The van der Waals surface area contributed by atoms with Gasteiger partial charge in [0, 0.05) is 18.2 Å². The number of carboxylic acid groups (broad SMARTS) is 1. The van der Waals surface area contributed by atoms with Crippen molar-refractivity contribution >= 4 is 23.5 Å². The predicted molar refractivity (Wildman–Crippen MR) is 118 cm³/mol. The number of carboxylic acids is 1. The molecule has 2 N–H and O–H groups in total. The average Bonchev–Trinajstić information content (AvgIpc) is 3.18. The Labute approximate surface area is 192 Å². The molecule has 1 aliphatic carbocycles. The van der Waals surface area contributed by atoms with Gasteiger partial charge in [0.1, 0.15) is 12.1 Å². The summed E-state index contributed by atoms with van der Waals surface area (Å²) in [5, 5.41) is 23.6. The number of nitro benzene ring substituents is 1. The number of carbonyl (C=O) groups excluding carboxylic acids is 2. The number of hydrogen-bond acceptors (Lipinski definition) is 7. The fourth-order valence-corrected chi connectivity index (χ4v) is 5.04. The molecule has 33 heavy (non-hydrogen) atoms. The highest BCUT2D eigenvalue weighted by molar-refractivity contribution is 5.88. The molecule has 1 amide bonds. The Morgan fingerprint density at radius 3 is 2.52 bits per heavy atom. The lowest BCUT2D eigenvalue weighted by Gasteiger charge is -2.35. The molecule has 180 valence electrons. The molecule has 0 bridgehead atoms. The highest BCUT2D eigenvalue weighted by atomic mass is 16.6. The molecular weight excluding hydrogens is 430 g/mol. The van der Waals surface area contributed by atoms with Crippen LogP contribution in [-0.2, 0) is 25.5 Å². The van der Waals surface area contributed by atoms with Crippen LogP contribution in [0.2, 0.25) is 0 Å². The van der Waals surface area contributed by atoms with E-state index in [0.29, 0.717) is 12.0 Å². The molecule has 1 saturated heterocycles. The van der Waals surface area contributed by atoms with E-state index in [9.17, 15) is 29.6 Å². The third-order valence-corrected chi connectivity index (χ3v) is 6.61. The van der Waals surface area contributed by atoms with Gasteiger partial charge in [0.2, 0.25) is 5.91 Å². The molecule has 2 aliphatic rings. The minimum Gasteiger partial charge on any atom is -0.480 e. The van der Waals surface area contributed by atoms with Crippen molar-refractivity contribution in [3.63, 3.8) is 0 Å². The Morgan fingerprint density at radius 2 is 1.91 bits per heavy atom. The number of nitrogens with one attached hydrogen (secondary N) is 1. The van der Waals surface area contributed by atoms with E-state index in [1.807, 2.05) is 0 Å². The highest BCUT2D eigenvalue weighted by Crippen LogP contribution is 2.40. The van der Waals surface area contributed by atoms with Crippen LogP contribution in [0, 0.1) is 16.0 Å². The molecule has 1 heterocycles. The van der Waals surface area contributed by atoms with E-state index in [1.165, 1.54) is 17.0 Å². The second-order valence-electron chi connectivity index (χ2n) is 8.77. The van der Waals surface area contributed by atoms with Crippen molar-refractivity contribution in [3.05, 3.63) is 39.9 Å². The SMILES string of the molecule is CCOC(=O)[C@H](Cc1ccc([N+](=O)[O-])cc1)N[C@@H](C)C(=O)N1[C@@H]2CCCC[C@@H]2C[C@H]1C(=O)O. The molecule has 10 heteroatoms. The van der Waals surface area contributed by atoms with Crippen molar-refractivity contribution in [3.8, 4) is 0 Å². The van der Waals surface area contributed by atoms with Crippen molar-refractivity contribution in [1.82, 2.24) is 10.2 Å². The molecule has 0 radical (unpaired) electrons. The van der Waals surface area contributed by atoms with Crippen LogP contribution in [-0.4, -0.2) is 63.5 Å². The van der Waals surface area contributed by atoms with Gasteiger partial charge >= 0.3 is 11.9 Å². The molecule has 3 rings (SSSR count). The smallest absolute Gasteiger partial charge is 0.326 e. The number of amides is 1. The zero-order valence-corrected chi connectivity index (χ0v) is 18.9. The molecule has 0 spiro atoms. The Morgan fingerprint density at radius 1 is 1.24 bits per heavy atom. The van der Waals surface area contributed by atoms with Crippen LogP contribution in [0.25, 0.3) is 0 Å². The monoisotopic (exact) mass is 461 g/mol. The summed E-state index contributed by atoms with van der Waals surface area (Å²) in [5.74, 6) is -1.69. The first-order valence-corrected chi connectivity index (χ1v) is 11.4. The van der Waals surface area contributed by atoms with Gasteiger partial charge in [-0.3, -0.25) is 25.0 Å². The number of fused-ring (bicyclic) bond motifs is 1. The second-order valence-corrected chi connectivity index (χ2v) is 8.77. The Kier molecular flexibility index (Phi) is 8.01. The number of carbonyl (C=O) groups is 3. The summed E-state index contributed by atoms with van der Waals surface area (Å²) in [4.78, 5) is 49.7. The normalized spacial score (nSPS) is 23.9. The van der Waals surface area contributed by atoms with E-state index in [1.54, 1.807) is 26.0 Å². The molecule has 0 aromatic heterocycles. The lowest BCUT2D eigenvalue weighted by Crippen LogP contribution is -2.56. The zero-order valence-electron chi connectivity index (χ0n) is 18.9. The topological polar surface area (TPSA) is 139 Å². The number of nitrogens with zero attached hydrogens (tertiary/aromatic N) is 2. The second kappa shape index (κ2) is 10.7. The molecule has 10 nitrogen and oxygen atoms in total. The van der Waals surface area contributed by atoms with Gasteiger partial charge in [-0.25, -0.2) is 4.79 Å². The fraction of sp³-hybridized carbons (Fsp3) is 0.609. The van der Waals surface area contributed by atoms with Crippen molar-refractivity contribution in [2.75, 3.05) is 6.61 Å². The van der Waals surface area contributed by atoms with Crippen LogP contribution >= 0.6 is 0 Å². The van der Waals surface area contributed by atoms with Crippen LogP contribution in [0.4, 0.5) is 5.69 Å². The highest BCUT2D eigenvalue weighted by Gasteiger charge is 2.48. The summed E-state index contributed by atoms with van der Waals surface area (Å²) in [6.07, 6.45) is 4.35. The standard InChI is InChI=1S/C23H31N3O7/c1-3-33-23(30)18(12-15-8-10-17(11-9-15)26(31)32)24-14(2)21(27)25-19-7-5-4-6-16(19)13-20(25)22(28)29/h8-11,14,16,18-20,24H,3-7,12-13H2,1-2H3,(H,28,29)/t14-,16+,18-,19+,20-/m0/s1. The molecule has 1 aliphatic heterocycles. The quantitative estimate of drug-likeness (QED) is 0.324. The number of rotatable bonds is 9. The average molecular weight is 462 g/mol. The summed E-state index contributed by atoms with van der Waals surface area (Å²) in [6, 6.07) is 3.22. The van der Waals surface area contributed by atoms with Gasteiger partial charge in [0.05, 0.1) is 17.6 Å². The Hall–Kier alpha value is -3.01. The molecule has 1 aromatic rings. The number of non-ortho nitro benzene ring substituents is 1. The van der Waals surface area contributed by atoms with E-state index < -0.39 is 35.0 Å². The maximum atomic E-state index is 13.4. The van der Waals surface area contributed by atoms with Crippen LogP contribution in [0.5, 0.6) is 0 Å². The summed E-state index contributed by atoms with van der Waals surface area (Å²) in [7, 11) is 0. The number of benzene rings is 1. The van der Waals surface area contributed by atoms with Crippen LogP contribution in [0.3, 0.4) is 0 Å². The van der Waals surface area contributed by atoms with Gasteiger partial charge in [-0.1, -0.05) is 25.0 Å². The van der Waals surface area contributed by atoms with Gasteiger partial charge in [-0.2, -0.15) is 0 Å². The largest absolute Gasteiger partial charge is 0.480 e. The van der Waals surface area contributed by atoms with E-state index in [0.717, 1.165) is 25.7 Å². The summed E-state index contributed by atoms with van der Waals surface area (Å²) in [5.41, 5.74) is 0.612. The lowest BCUT2D eigenvalue weighted by atomic mass is 9.84. The van der Waals surface area contributed by atoms with E-state index in [-0.39, 0.29) is 36.6 Å². The summed E-state index contributed by atoms with van der Waals surface area (Å²) >= 11 is 0. The molecule has 5 atom stereocenters. The minimum atomic E-state index is -1.00. The number of nitro groups is 1. The van der Waals surface area contributed by atoms with Gasteiger partial charge in [0.15, 0.2) is 0 Å². The van der Waals surface area contributed by atoms with Gasteiger partial charge in [-0.05, 0) is 51.0 Å². The van der Waals surface area contributed by atoms with E-state index >= 15 is 0 Å². The number of likely N-dealkylation sites (tertiary alicyclic amines) is 1. The third kappa shape index (κ3) is 5.68. The maximum absolute atomic E-state index is 13.4. The lowest BCUT2D eigenvalue weighted by molar-refractivity contribution is -0.384. The summed E-state index contributed by atoms with van der Waals surface area (Å²) < 4.78 is 5.16. The first kappa shape index (κ1) is 24.6. The van der Waals surface area contributed by atoms with E-state index in [4.69, 9.17) is 4.74 Å². The molecule has 0 unspecified atom stereocenters. The van der Waals surface area contributed by atoms with Gasteiger partial charge in [0.25, 0.3) is 5.69 Å². The third-order valence-electron chi connectivity index (χ3n) is 6.61. The van der Waals surface area contributed by atoms with E-state index in [2.05, 4.69) is 5.32 Å². The molecule has 1 aromatic carbocycles. The Balaban J connectivity index is 1.75. The predicted octanol–water partition coefficient (Wildman–Crippen LogP) is 2.29. The zero-order chi connectivity index (χ0) is 24.1. The first-order chi connectivity index (χ1) is 15.7. The van der Waals surface area contributed by atoms with Crippen molar-refractivity contribution < 1.29 is 29.2 Å². The maximum Gasteiger partial charge on any atom is 0.326 e. The number of hydrogen-bond donors (Lipinski definition) is 2. The van der Waals surface area contributed by atoms with Crippen molar-refractivity contribution in [1.29, 1.82) is 0 Å². The van der Waals surface area contributed by atoms with Crippen molar-refractivity contribution in [2.45, 2.75) is 76.5 Å². The van der Waals surface area contributed by atoms with Gasteiger partial charge < -0.3 is 14.7 Å². The minimum absolute atomic E-state index is 0.0567. The first-order valence-electron chi connectivity index (χ1n) is 11.4. The number of ether oxygens (including phenoxy) is 1. The van der Waals surface area contributed by atoms with Crippen molar-refractivity contribution in [2.24, 2.45) is 5.92 Å². The summed E-state index contributed by atoms with van der Waals surface area (Å²) in [6.45, 7) is 3.47. The number of aliphatic carboxylic acids is 1. The number of esters is 1. The molecule has 2 fully saturated rings. The van der Waals surface area contributed by atoms with Crippen LogP contribution in [0.1, 0.15) is 51.5 Å². The molecular formula is C23H31N3O7. The van der Waals surface area contributed by atoms with Gasteiger partial charge in [-0.15, -0.1) is 0 Å². The molecule has 1 saturated carbocycles. The van der Waals surface area contributed by atoms with Crippen LogP contribution < -0.4 is 5.32 Å². The Bertz CT molecular complexity index is 889. The van der Waals surface area contributed by atoms with Crippen LogP contribution in [0.15, 0.2) is 24.3 Å². The fourth-order valence-electron chi connectivity index (χ4n) is 5.04.